The van der Waals surface area contributed by atoms with Gasteiger partial charge >= 0.3 is 6.03 Å². The number of aromatic nitrogens is 2. The van der Waals surface area contributed by atoms with Crippen LogP contribution in [0.1, 0.15) is 10.6 Å². The maximum absolute atomic E-state index is 12.0. The van der Waals surface area contributed by atoms with Crippen LogP contribution in [0.15, 0.2) is 36.4 Å². The number of urea groups is 1. The fourth-order valence-corrected chi connectivity index (χ4v) is 3.11. The number of nitrogens with zero attached hydrogens (tertiary/aromatic N) is 2. The van der Waals surface area contributed by atoms with E-state index in [1.54, 1.807) is 30.3 Å². The largest absolute Gasteiger partial charge is 0.486 e. The Labute approximate surface area is 174 Å². The van der Waals surface area contributed by atoms with Crippen molar-refractivity contribution >= 4 is 63.0 Å². The first-order valence-corrected chi connectivity index (χ1v) is 9.60. The lowest BCUT2D eigenvalue weighted by atomic mass is 10.2. The Balaban J connectivity index is 1.54. The predicted octanol–water partition coefficient (Wildman–Crippen LogP) is 6.03. The molecule has 0 aliphatic heterocycles. The zero-order valence-corrected chi connectivity index (χ0v) is 17.0. The van der Waals surface area contributed by atoms with Crippen LogP contribution in [0.4, 0.5) is 15.6 Å². The third-order valence-corrected chi connectivity index (χ3v) is 5.33. The molecule has 0 bridgehead atoms. The van der Waals surface area contributed by atoms with Crippen LogP contribution in [0.5, 0.6) is 5.75 Å². The summed E-state index contributed by atoms with van der Waals surface area (Å²) in [4.78, 5) is 12.0. The number of rotatable bonds is 5. The number of anilines is 2. The highest BCUT2D eigenvalue weighted by molar-refractivity contribution is 7.15. The van der Waals surface area contributed by atoms with E-state index in [-0.39, 0.29) is 6.61 Å². The standard InChI is InChI=1S/C17H13Cl3N4O2S/c1-9-6-11(3-5-12(9)18)26-8-15-23-24-17(27-15)22-16(25)21-10-2-4-13(19)14(20)7-10/h2-7H,8H2,1H3,(H2,21,22,24,25). The zero-order chi connectivity index (χ0) is 19.4. The fraction of sp³-hybridized carbons (Fsp3) is 0.118. The first kappa shape index (κ1) is 19.7. The first-order valence-electron chi connectivity index (χ1n) is 7.65. The van der Waals surface area contributed by atoms with Gasteiger partial charge in [0.15, 0.2) is 5.01 Å². The van der Waals surface area contributed by atoms with Gasteiger partial charge in [-0.1, -0.05) is 46.1 Å². The van der Waals surface area contributed by atoms with Crippen molar-refractivity contribution in [2.75, 3.05) is 10.6 Å². The maximum Gasteiger partial charge on any atom is 0.325 e. The van der Waals surface area contributed by atoms with E-state index >= 15 is 0 Å². The third kappa shape index (κ3) is 5.46. The Morgan fingerprint density at radius 1 is 1.04 bits per heavy atom. The van der Waals surface area contributed by atoms with Gasteiger partial charge in [-0.05, 0) is 48.9 Å². The van der Waals surface area contributed by atoms with Gasteiger partial charge in [-0.2, -0.15) is 0 Å². The van der Waals surface area contributed by atoms with Crippen LogP contribution in [0.25, 0.3) is 0 Å². The molecule has 0 aliphatic carbocycles. The molecular weight excluding hydrogens is 431 g/mol. The smallest absolute Gasteiger partial charge is 0.325 e. The molecule has 0 aliphatic rings. The molecule has 3 rings (SSSR count). The molecule has 140 valence electrons. The molecule has 2 amide bonds. The molecule has 10 heteroatoms. The number of amides is 2. The summed E-state index contributed by atoms with van der Waals surface area (Å²) in [5.74, 6) is 0.680. The summed E-state index contributed by atoms with van der Waals surface area (Å²) in [6.45, 7) is 2.13. The summed E-state index contributed by atoms with van der Waals surface area (Å²) in [6, 6.07) is 9.71. The van der Waals surface area contributed by atoms with Crippen LogP contribution < -0.4 is 15.4 Å². The van der Waals surface area contributed by atoms with Gasteiger partial charge < -0.3 is 10.1 Å². The highest BCUT2D eigenvalue weighted by Crippen LogP contribution is 2.26. The number of halogens is 3. The summed E-state index contributed by atoms with van der Waals surface area (Å²) >= 11 is 19.0. The predicted molar refractivity (Wildman–Crippen MR) is 110 cm³/mol. The van der Waals surface area contributed by atoms with Crippen molar-refractivity contribution in [3.63, 3.8) is 0 Å². The van der Waals surface area contributed by atoms with Crippen molar-refractivity contribution < 1.29 is 9.53 Å². The van der Waals surface area contributed by atoms with Crippen LogP contribution in [0.3, 0.4) is 0 Å². The van der Waals surface area contributed by atoms with E-state index in [0.29, 0.717) is 36.6 Å². The topological polar surface area (TPSA) is 76.1 Å². The molecule has 0 unspecified atom stereocenters. The van der Waals surface area contributed by atoms with Crippen molar-refractivity contribution in [2.24, 2.45) is 0 Å². The van der Waals surface area contributed by atoms with Crippen molar-refractivity contribution in [3.05, 3.63) is 62.0 Å². The lowest BCUT2D eigenvalue weighted by Gasteiger charge is -2.06. The number of carbonyl (C=O) groups excluding carboxylic acids is 1. The van der Waals surface area contributed by atoms with Crippen LogP contribution in [0, 0.1) is 6.92 Å². The van der Waals surface area contributed by atoms with Crippen molar-refractivity contribution in [3.8, 4) is 5.75 Å². The van der Waals surface area contributed by atoms with Gasteiger partial charge in [0.25, 0.3) is 0 Å². The molecule has 0 spiro atoms. The van der Waals surface area contributed by atoms with E-state index in [4.69, 9.17) is 39.5 Å². The number of carbonyl (C=O) groups is 1. The molecule has 6 nitrogen and oxygen atoms in total. The van der Waals surface area contributed by atoms with Gasteiger partial charge in [-0.25, -0.2) is 4.79 Å². The molecule has 2 N–H and O–H groups in total. The molecule has 0 saturated carbocycles. The number of ether oxygens (including phenoxy) is 1. The van der Waals surface area contributed by atoms with Gasteiger partial charge in [-0.15, -0.1) is 10.2 Å². The van der Waals surface area contributed by atoms with Gasteiger partial charge in [0.05, 0.1) is 10.0 Å². The molecule has 0 saturated heterocycles. The molecule has 1 heterocycles. The minimum absolute atomic E-state index is 0.231. The van der Waals surface area contributed by atoms with E-state index in [9.17, 15) is 4.79 Å². The number of benzene rings is 2. The van der Waals surface area contributed by atoms with Gasteiger partial charge in [0, 0.05) is 10.7 Å². The summed E-state index contributed by atoms with van der Waals surface area (Å²) < 4.78 is 5.66. The van der Waals surface area contributed by atoms with Crippen LogP contribution in [0.2, 0.25) is 15.1 Å². The quantitative estimate of drug-likeness (QED) is 0.505. The minimum atomic E-state index is -0.467. The Kier molecular flexibility index (Phi) is 6.38. The van der Waals surface area contributed by atoms with Gasteiger partial charge in [-0.3, -0.25) is 5.32 Å². The summed E-state index contributed by atoms with van der Waals surface area (Å²) in [5, 5.41) is 15.6. The first-order chi connectivity index (χ1) is 12.9. The second-order valence-corrected chi connectivity index (χ2v) is 7.69. The second kappa shape index (κ2) is 8.75. The van der Waals surface area contributed by atoms with Gasteiger partial charge in [0.1, 0.15) is 12.4 Å². The summed E-state index contributed by atoms with van der Waals surface area (Å²) in [5.41, 5.74) is 1.43. The molecule has 1 aromatic heterocycles. The Morgan fingerprint density at radius 2 is 1.81 bits per heavy atom. The molecular formula is C17H13Cl3N4O2S. The van der Waals surface area contributed by atoms with Crippen molar-refractivity contribution in [2.45, 2.75) is 13.5 Å². The molecule has 0 fully saturated rings. The monoisotopic (exact) mass is 442 g/mol. The average Bonchev–Trinajstić information content (AvgIpc) is 3.06. The number of nitrogens with one attached hydrogen (secondary N) is 2. The molecule has 3 aromatic rings. The summed E-state index contributed by atoms with van der Waals surface area (Å²) in [7, 11) is 0. The Bertz CT molecular complexity index is 981. The second-order valence-electron chi connectivity index (χ2n) is 5.41. The number of hydrogen-bond donors (Lipinski definition) is 2. The number of hydrogen-bond acceptors (Lipinski definition) is 5. The molecule has 0 atom stereocenters. The van der Waals surface area contributed by atoms with E-state index in [0.717, 1.165) is 5.56 Å². The average molecular weight is 444 g/mol. The summed E-state index contributed by atoms with van der Waals surface area (Å²) in [6.07, 6.45) is 0. The van der Waals surface area contributed by atoms with Gasteiger partial charge in [0.2, 0.25) is 5.13 Å². The third-order valence-electron chi connectivity index (χ3n) is 3.36. The van der Waals surface area contributed by atoms with E-state index < -0.39 is 6.03 Å². The van der Waals surface area contributed by atoms with Crippen LogP contribution >= 0.6 is 46.1 Å². The number of aryl methyl sites for hydroxylation is 1. The molecule has 27 heavy (non-hydrogen) atoms. The molecule has 0 radical (unpaired) electrons. The van der Waals surface area contributed by atoms with Crippen LogP contribution in [-0.2, 0) is 6.61 Å². The van der Waals surface area contributed by atoms with E-state index in [1.165, 1.54) is 11.3 Å². The lowest BCUT2D eigenvalue weighted by Crippen LogP contribution is -2.19. The van der Waals surface area contributed by atoms with Crippen molar-refractivity contribution in [1.82, 2.24) is 10.2 Å². The minimum Gasteiger partial charge on any atom is -0.486 e. The van der Waals surface area contributed by atoms with Crippen LogP contribution in [-0.4, -0.2) is 16.2 Å². The molecule has 2 aromatic carbocycles. The Hall–Kier alpha value is -2.06. The maximum atomic E-state index is 12.0. The Morgan fingerprint density at radius 3 is 2.56 bits per heavy atom. The lowest BCUT2D eigenvalue weighted by molar-refractivity contribution is 0.262. The fourth-order valence-electron chi connectivity index (χ4n) is 2.05. The SMILES string of the molecule is Cc1cc(OCc2nnc(NC(=O)Nc3ccc(Cl)c(Cl)c3)s2)ccc1Cl. The highest BCUT2D eigenvalue weighted by Gasteiger charge is 2.10. The van der Waals surface area contributed by atoms with E-state index in [2.05, 4.69) is 20.8 Å². The van der Waals surface area contributed by atoms with E-state index in [1.807, 2.05) is 13.0 Å². The highest BCUT2D eigenvalue weighted by atomic mass is 35.5. The zero-order valence-electron chi connectivity index (χ0n) is 13.9. The normalized spacial score (nSPS) is 10.5. The van der Waals surface area contributed by atoms with Crippen molar-refractivity contribution in [1.29, 1.82) is 0 Å².